The van der Waals surface area contributed by atoms with Gasteiger partial charge in [0.15, 0.2) is 0 Å². The van der Waals surface area contributed by atoms with Crippen LogP contribution in [0.1, 0.15) is 24.8 Å². The molecule has 2 nitrogen and oxygen atoms in total. The fraction of sp³-hybridized carbons (Fsp3) is 0.417. The molecule has 1 aromatic carbocycles. The van der Waals surface area contributed by atoms with Crippen molar-refractivity contribution in [1.29, 1.82) is 0 Å². The molecule has 0 radical (unpaired) electrons. The normalized spacial score (nSPS) is 25.4. The minimum atomic E-state index is 0.0486. The van der Waals surface area contributed by atoms with Crippen molar-refractivity contribution < 1.29 is 0 Å². The van der Waals surface area contributed by atoms with Gasteiger partial charge in [-0.3, -0.25) is 0 Å². The molecule has 1 atom stereocenters. The van der Waals surface area contributed by atoms with Gasteiger partial charge in [-0.05, 0) is 38.4 Å². The van der Waals surface area contributed by atoms with Crippen molar-refractivity contribution in [3.8, 4) is 0 Å². The van der Waals surface area contributed by atoms with Crippen LogP contribution >= 0.6 is 22.9 Å². The number of hydrogen-bond acceptors (Lipinski definition) is 3. The number of nitrogens with zero attached hydrogens (tertiary/aromatic N) is 1. The Hall–Kier alpha value is -0.640. The molecule has 1 aliphatic rings. The van der Waals surface area contributed by atoms with Crippen molar-refractivity contribution in [3.63, 3.8) is 0 Å². The number of rotatable bonds is 1. The van der Waals surface area contributed by atoms with Crippen LogP contribution in [0.5, 0.6) is 0 Å². The molecular weight excluding hydrogens is 240 g/mol. The molecule has 3 rings (SSSR count). The number of halogens is 1. The zero-order valence-corrected chi connectivity index (χ0v) is 10.7. The van der Waals surface area contributed by atoms with Crippen LogP contribution in [0, 0.1) is 0 Å². The molecule has 0 bridgehead atoms. The maximum atomic E-state index is 6.17. The Kier molecular flexibility index (Phi) is 2.42. The van der Waals surface area contributed by atoms with E-state index in [4.69, 9.17) is 16.6 Å². The maximum absolute atomic E-state index is 6.17. The molecule has 1 fully saturated rings. The Balaban J connectivity index is 2.15. The van der Waals surface area contributed by atoms with E-state index in [1.54, 1.807) is 11.3 Å². The third kappa shape index (κ3) is 1.54. The fourth-order valence-corrected chi connectivity index (χ4v) is 3.63. The van der Waals surface area contributed by atoms with Gasteiger partial charge in [0.05, 0.1) is 20.8 Å². The number of thiazole rings is 1. The third-order valence-corrected chi connectivity index (χ3v) is 5.00. The fourth-order valence-electron chi connectivity index (χ4n) is 2.23. The average Bonchev–Trinajstić information content (AvgIpc) is 2.85. The van der Waals surface area contributed by atoms with Gasteiger partial charge in [-0.25, -0.2) is 4.98 Å². The topological polar surface area (TPSA) is 24.9 Å². The molecule has 1 unspecified atom stereocenters. The Morgan fingerprint density at radius 2 is 2.38 bits per heavy atom. The van der Waals surface area contributed by atoms with E-state index in [1.807, 2.05) is 18.2 Å². The Bertz CT molecular complexity index is 529. The Morgan fingerprint density at radius 1 is 1.50 bits per heavy atom. The second-order valence-electron chi connectivity index (χ2n) is 4.47. The van der Waals surface area contributed by atoms with Crippen LogP contribution < -0.4 is 5.32 Å². The predicted octanol–water partition coefficient (Wildman–Crippen LogP) is 3.55. The standard InChI is InChI=1S/C12H13ClN2S/c1-12(6-3-7-14-12)11-15-9-5-2-4-8(13)10(9)16-11/h2,4-5,14H,3,6-7H2,1H3. The van der Waals surface area contributed by atoms with E-state index in [0.29, 0.717) is 0 Å². The molecule has 0 aliphatic carbocycles. The molecule has 2 heterocycles. The highest BCUT2D eigenvalue weighted by Gasteiger charge is 2.33. The summed E-state index contributed by atoms with van der Waals surface area (Å²) < 4.78 is 1.11. The lowest BCUT2D eigenvalue weighted by atomic mass is 10.0. The molecule has 1 saturated heterocycles. The number of nitrogens with one attached hydrogen (secondary N) is 1. The SMILES string of the molecule is CC1(c2nc3cccc(Cl)c3s2)CCCN1. The van der Waals surface area contributed by atoms with E-state index in [1.165, 1.54) is 6.42 Å². The quantitative estimate of drug-likeness (QED) is 0.840. The summed E-state index contributed by atoms with van der Waals surface area (Å²) in [4.78, 5) is 4.70. The van der Waals surface area contributed by atoms with Gasteiger partial charge in [-0.1, -0.05) is 17.7 Å². The first-order chi connectivity index (χ1) is 7.69. The van der Waals surface area contributed by atoms with Crippen molar-refractivity contribution in [2.75, 3.05) is 6.54 Å². The summed E-state index contributed by atoms with van der Waals surface area (Å²) in [5.41, 5.74) is 1.06. The molecule has 1 aliphatic heterocycles. The predicted molar refractivity (Wildman–Crippen MR) is 69.2 cm³/mol. The van der Waals surface area contributed by atoms with Gasteiger partial charge in [0.25, 0.3) is 0 Å². The van der Waals surface area contributed by atoms with Gasteiger partial charge in [-0.2, -0.15) is 0 Å². The smallest absolute Gasteiger partial charge is 0.114 e. The molecule has 16 heavy (non-hydrogen) atoms. The monoisotopic (exact) mass is 252 g/mol. The van der Waals surface area contributed by atoms with E-state index in [0.717, 1.165) is 33.2 Å². The van der Waals surface area contributed by atoms with Gasteiger partial charge in [0.1, 0.15) is 5.01 Å². The molecule has 84 valence electrons. The number of aromatic nitrogens is 1. The van der Waals surface area contributed by atoms with E-state index < -0.39 is 0 Å². The van der Waals surface area contributed by atoms with Gasteiger partial charge in [-0.15, -0.1) is 11.3 Å². The molecule has 2 aromatic rings. The van der Waals surface area contributed by atoms with Crippen LogP contribution in [0.3, 0.4) is 0 Å². The highest BCUT2D eigenvalue weighted by Crippen LogP contribution is 2.37. The van der Waals surface area contributed by atoms with Gasteiger partial charge >= 0.3 is 0 Å². The summed E-state index contributed by atoms with van der Waals surface area (Å²) >= 11 is 7.89. The first-order valence-electron chi connectivity index (χ1n) is 5.50. The van der Waals surface area contributed by atoms with E-state index in [2.05, 4.69) is 12.2 Å². The minimum Gasteiger partial charge on any atom is -0.306 e. The maximum Gasteiger partial charge on any atom is 0.114 e. The largest absolute Gasteiger partial charge is 0.306 e. The highest BCUT2D eigenvalue weighted by molar-refractivity contribution is 7.19. The summed E-state index contributed by atoms with van der Waals surface area (Å²) in [5.74, 6) is 0. The highest BCUT2D eigenvalue weighted by atomic mass is 35.5. The number of fused-ring (bicyclic) bond motifs is 1. The molecule has 1 aromatic heterocycles. The van der Waals surface area contributed by atoms with Crippen LogP contribution in [0.15, 0.2) is 18.2 Å². The van der Waals surface area contributed by atoms with Crippen LogP contribution in [-0.2, 0) is 5.54 Å². The summed E-state index contributed by atoms with van der Waals surface area (Å²) in [5, 5.41) is 5.50. The van der Waals surface area contributed by atoms with Crippen molar-refractivity contribution >= 4 is 33.2 Å². The second kappa shape index (κ2) is 3.69. The van der Waals surface area contributed by atoms with Crippen LogP contribution in [-0.4, -0.2) is 11.5 Å². The van der Waals surface area contributed by atoms with Crippen molar-refractivity contribution in [2.45, 2.75) is 25.3 Å². The average molecular weight is 253 g/mol. The molecule has 0 saturated carbocycles. The van der Waals surface area contributed by atoms with E-state index in [-0.39, 0.29) is 5.54 Å². The Labute approximate surface area is 104 Å². The lowest BCUT2D eigenvalue weighted by molar-refractivity contribution is 0.433. The van der Waals surface area contributed by atoms with Crippen molar-refractivity contribution in [1.82, 2.24) is 10.3 Å². The molecular formula is C12H13ClN2S. The molecule has 0 amide bonds. The van der Waals surface area contributed by atoms with Crippen molar-refractivity contribution in [2.24, 2.45) is 0 Å². The van der Waals surface area contributed by atoms with Gasteiger partial charge < -0.3 is 5.32 Å². The van der Waals surface area contributed by atoms with Crippen LogP contribution in [0.4, 0.5) is 0 Å². The lowest BCUT2D eigenvalue weighted by Crippen LogP contribution is -2.32. The van der Waals surface area contributed by atoms with Crippen LogP contribution in [0.25, 0.3) is 10.2 Å². The summed E-state index contributed by atoms with van der Waals surface area (Å²) in [6.07, 6.45) is 2.38. The first-order valence-corrected chi connectivity index (χ1v) is 6.69. The lowest BCUT2D eigenvalue weighted by Gasteiger charge is -2.20. The van der Waals surface area contributed by atoms with Crippen LogP contribution in [0.2, 0.25) is 5.02 Å². The number of hydrogen-bond donors (Lipinski definition) is 1. The number of benzene rings is 1. The molecule has 4 heteroatoms. The van der Waals surface area contributed by atoms with Gasteiger partial charge in [0.2, 0.25) is 0 Å². The molecule has 1 N–H and O–H groups in total. The van der Waals surface area contributed by atoms with Gasteiger partial charge in [0, 0.05) is 0 Å². The summed E-state index contributed by atoms with van der Waals surface area (Å²) in [7, 11) is 0. The zero-order chi connectivity index (χ0) is 11.2. The zero-order valence-electron chi connectivity index (χ0n) is 9.09. The Morgan fingerprint density at radius 3 is 3.06 bits per heavy atom. The third-order valence-electron chi connectivity index (χ3n) is 3.21. The second-order valence-corrected chi connectivity index (χ2v) is 5.88. The van der Waals surface area contributed by atoms with Crippen molar-refractivity contribution in [3.05, 3.63) is 28.2 Å². The van der Waals surface area contributed by atoms with E-state index in [9.17, 15) is 0 Å². The molecule has 0 spiro atoms. The summed E-state index contributed by atoms with van der Waals surface area (Å²) in [6.45, 7) is 3.31. The summed E-state index contributed by atoms with van der Waals surface area (Å²) in [6, 6.07) is 5.91. The minimum absolute atomic E-state index is 0.0486. The van der Waals surface area contributed by atoms with E-state index >= 15 is 0 Å². The first kappa shape index (κ1) is 10.5.